The fraction of sp³-hybridized carbons (Fsp3) is 0.692. The van der Waals surface area contributed by atoms with E-state index in [1.54, 1.807) is 0 Å². The first-order valence-electron chi connectivity index (χ1n) is 6.56. The number of fused-ring (bicyclic) bond motifs is 2. The molecular weight excluding hydrogens is 230 g/mol. The van der Waals surface area contributed by atoms with Crippen molar-refractivity contribution in [2.75, 3.05) is 0 Å². The van der Waals surface area contributed by atoms with Gasteiger partial charge < -0.3 is 0 Å². The topological polar surface area (TPSA) is 85.3 Å². The zero-order valence-electron chi connectivity index (χ0n) is 10.3. The molecule has 0 bridgehead atoms. The second-order valence-corrected chi connectivity index (χ2v) is 6.37. The van der Waals surface area contributed by atoms with Gasteiger partial charge in [0.15, 0.2) is 0 Å². The van der Waals surface area contributed by atoms with Gasteiger partial charge in [-0.25, -0.2) is 10.9 Å². The molecule has 2 saturated carbocycles. The predicted molar refractivity (Wildman–Crippen MR) is 63.7 cm³/mol. The molecule has 4 aliphatic rings. The van der Waals surface area contributed by atoms with Crippen molar-refractivity contribution in [3.63, 3.8) is 0 Å². The molecule has 2 unspecified atom stereocenters. The van der Waals surface area contributed by atoms with Gasteiger partial charge in [-0.1, -0.05) is 19.1 Å². The zero-order valence-corrected chi connectivity index (χ0v) is 10.3. The number of nitrogens with zero attached hydrogens (tertiary/aromatic N) is 1. The molecule has 4 rings (SSSR count). The summed E-state index contributed by atoms with van der Waals surface area (Å²) in [6.45, 7) is 2.09. The van der Waals surface area contributed by atoms with Crippen LogP contribution in [-0.4, -0.2) is 28.9 Å². The average Bonchev–Trinajstić information content (AvgIpc) is 3.17. The van der Waals surface area contributed by atoms with Crippen molar-refractivity contribution in [1.82, 2.24) is 10.3 Å². The van der Waals surface area contributed by atoms with Gasteiger partial charge in [0.05, 0.1) is 0 Å². The Morgan fingerprint density at radius 2 is 2.17 bits per heavy atom. The molecular formula is C13H17N3O2. The van der Waals surface area contributed by atoms with Crippen molar-refractivity contribution in [2.45, 2.75) is 31.3 Å². The lowest BCUT2D eigenvalue weighted by molar-refractivity contribution is -0.142. The summed E-state index contributed by atoms with van der Waals surface area (Å²) in [6.07, 6.45) is 7.25. The molecule has 3 aliphatic carbocycles. The summed E-state index contributed by atoms with van der Waals surface area (Å²) < 4.78 is 0. The zero-order chi connectivity index (χ0) is 12.7. The van der Waals surface area contributed by atoms with E-state index in [9.17, 15) is 9.59 Å². The van der Waals surface area contributed by atoms with Crippen molar-refractivity contribution >= 4 is 12.3 Å². The highest BCUT2D eigenvalue weighted by molar-refractivity contribution is 5.97. The van der Waals surface area contributed by atoms with Crippen LogP contribution < -0.4 is 11.2 Å². The van der Waals surface area contributed by atoms with Crippen molar-refractivity contribution in [2.24, 2.45) is 29.0 Å². The lowest BCUT2D eigenvalue weighted by Crippen LogP contribution is -2.52. The molecule has 5 nitrogen and oxygen atoms in total. The predicted octanol–water partition coefficient (Wildman–Crippen LogP) is -0.212. The molecule has 0 radical (unpaired) electrons. The van der Waals surface area contributed by atoms with Crippen LogP contribution in [-0.2, 0) is 9.59 Å². The molecule has 1 heterocycles. The van der Waals surface area contributed by atoms with Crippen LogP contribution in [0.3, 0.4) is 0 Å². The number of hydrogen-bond acceptors (Lipinski definition) is 4. The van der Waals surface area contributed by atoms with E-state index in [0.717, 1.165) is 5.92 Å². The van der Waals surface area contributed by atoms with E-state index in [-0.39, 0.29) is 17.9 Å². The monoisotopic (exact) mass is 247 g/mol. The molecule has 0 aromatic carbocycles. The highest BCUT2D eigenvalue weighted by Gasteiger charge is 2.81. The normalized spacial score (nSPS) is 54.1. The third kappa shape index (κ3) is 1.01. The van der Waals surface area contributed by atoms with Crippen molar-refractivity contribution in [1.29, 1.82) is 0 Å². The molecule has 0 aromatic rings. The third-order valence-electron chi connectivity index (χ3n) is 5.49. The quantitative estimate of drug-likeness (QED) is 0.180. The van der Waals surface area contributed by atoms with Gasteiger partial charge in [0.1, 0.15) is 5.54 Å². The number of amides is 2. The lowest BCUT2D eigenvalue weighted by Gasteiger charge is -2.31. The summed E-state index contributed by atoms with van der Waals surface area (Å²) in [6, 6.07) is 0.141. The van der Waals surface area contributed by atoms with Gasteiger partial charge >= 0.3 is 0 Å². The van der Waals surface area contributed by atoms with E-state index in [2.05, 4.69) is 24.4 Å². The standard InChI is InChI=1S/C13H17N3O2/c1-7-2-3-9(12-4-8(12)5-12)13(10(7)15-13)11(18)16(14)6-17/h2-3,6-10,15H,4-5,14H2,1H3/t7?,8?,9?,10-,12?,13-/m0/s1. The van der Waals surface area contributed by atoms with E-state index in [4.69, 9.17) is 5.84 Å². The summed E-state index contributed by atoms with van der Waals surface area (Å²) in [5.41, 5.74) is -0.257. The maximum Gasteiger partial charge on any atom is 0.265 e. The maximum atomic E-state index is 12.4. The Kier molecular flexibility index (Phi) is 1.70. The van der Waals surface area contributed by atoms with Crippen LogP contribution in [0, 0.1) is 23.2 Å². The fourth-order valence-corrected chi connectivity index (χ4v) is 4.08. The second-order valence-electron chi connectivity index (χ2n) is 6.37. The SMILES string of the molecule is CC1C=CC(C23CC2C3)[C@]2(C(=O)N(N)C=O)N[C@@H]12. The summed E-state index contributed by atoms with van der Waals surface area (Å²) in [7, 11) is 0. The van der Waals surface area contributed by atoms with E-state index < -0.39 is 5.54 Å². The Bertz CT molecular complexity index is 483. The molecule has 1 saturated heterocycles. The van der Waals surface area contributed by atoms with Gasteiger partial charge in [-0.15, -0.1) is 0 Å². The first-order valence-corrected chi connectivity index (χ1v) is 6.56. The van der Waals surface area contributed by atoms with Crippen LogP contribution in [0.5, 0.6) is 0 Å². The molecule has 2 amide bonds. The Morgan fingerprint density at radius 3 is 2.72 bits per heavy atom. The van der Waals surface area contributed by atoms with E-state index in [0.29, 0.717) is 22.8 Å². The molecule has 18 heavy (non-hydrogen) atoms. The fourth-order valence-electron chi connectivity index (χ4n) is 4.08. The minimum atomic E-state index is -0.602. The van der Waals surface area contributed by atoms with Gasteiger partial charge in [-0.2, -0.15) is 0 Å². The number of carbonyl (C=O) groups is 2. The van der Waals surface area contributed by atoms with Crippen molar-refractivity contribution in [3.05, 3.63) is 12.2 Å². The molecule has 0 spiro atoms. The molecule has 0 aromatic heterocycles. The minimum absolute atomic E-state index is 0.141. The second kappa shape index (κ2) is 2.86. The third-order valence-corrected chi connectivity index (χ3v) is 5.49. The largest absolute Gasteiger partial charge is 0.296 e. The highest BCUT2D eigenvalue weighted by Crippen LogP contribution is 2.82. The van der Waals surface area contributed by atoms with Crippen LogP contribution in [0.25, 0.3) is 0 Å². The molecule has 3 fully saturated rings. The van der Waals surface area contributed by atoms with Gasteiger partial charge in [-0.05, 0) is 30.1 Å². The summed E-state index contributed by atoms with van der Waals surface area (Å²) >= 11 is 0. The molecule has 5 heteroatoms. The maximum absolute atomic E-state index is 12.4. The van der Waals surface area contributed by atoms with Crippen LogP contribution in [0.2, 0.25) is 0 Å². The number of carbonyl (C=O) groups excluding carboxylic acids is 2. The van der Waals surface area contributed by atoms with Crippen LogP contribution in [0.15, 0.2) is 12.2 Å². The molecule has 4 atom stereocenters. The van der Waals surface area contributed by atoms with E-state index >= 15 is 0 Å². The summed E-state index contributed by atoms with van der Waals surface area (Å²) in [5, 5.41) is 4.05. The Balaban J connectivity index is 1.71. The number of hydrogen-bond donors (Lipinski definition) is 2. The first-order chi connectivity index (χ1) is 8.56. The average molecular weight is 247 g/mol. The van der Waals surface area contributed by atoms with Gasteiger partial charge in [-0.3, -0.25) is 14.9 Å². The Hall–Kier alpha value is -1.20. The van der Waals surface area contributed by atoms with E-state index in [1.807, 2.05) is 0 Å². The number of nitrogens with two attached hydrogens (primary N) is 1. The van der Waals surface area contributed by atoms with Crippen LogP contribution in [0.4, 0.5) is 0 Å². The van der Waals surface area contributed by atoms with E-state index in [1.165, 1.54) is 12.8 Å². The number of rotatable bonds is 3. The molecule has 1 aliphatic heterocycles. The summed E-state index contributed by atoms with van der Waals surface area (Å²) in [4.78, 5) is 23.2. The Labute approximate surface area is 105 Å². The lowest BCUT2D eigenvalue weighted by atomic mass is 9.73. The van der Waals surface area contributed by atoms with Crippen molar-refractivity contribution in [3.8, 4) is 0 Å². The number of imide groups is 1. The summed E-state index contributed by atoms with van der Waals surface area (Å²) in [5.74, 6) is 6.56. The Morgan fingerprint density at radius 1 is 1.50 bits per heavy atom. The van der Waals surface area contributed by atoms with Crippen LogP contribution in [0.1, 0.15) is 19.8 Å². The molecule has 3 N–H and O–H groups in total. The number of nitrogens with one attached hydrogen (secondary N) is 1. The number of hydrazine groups is 1. The smallest absolute Gasteiger partial charge is 0.265 e. The van der Waals surface area contributed by atoms with Crippen molar-refractivity contribution < 1.29 is 9.59 Å². The van der Waals surface area contributed by atoms with Crippen LogP contribution >= 0.6 is 0 Å². The van der Waals surface area contributed by atoms with Gasteiger partial charge in [0, 0.05) is 12.0 Å². The highest BCUT2D eigenvalue weighted by atomic mass is 16.2. The van der Waals surface area contributed by atoms with Gasteiger partial charge in [0.25, 0.3) is 5.91 Å². The molecule has 96 valence electrons. The van der Waals surface area contributed by atoms with Gasteiger partial charge in [0.2, 0.25) is 6.41 Å². The minimum Gasteiger partial charge on any atom is -0.296 e. The first kappa shape index (κ1) is 10.7.